The number of nitrogens with two attached hydrogens (primary N) is 1. The summed E-state index contributed by atoms with van der Waals surface area (Å²) < 4.78 is 5.19. The summed E-state index contributed by atoms with van der Waals surface area (Å²) in [7, 11) is 0. The molecule has 0 amide bonds. The van der Waals surface area contributed by atoms with Gasteiger partial charge in [-0.2, -0.15) is 4.98 Å². The van der Waals surface area contributed by atoms with E-state index in [9.17, 15) is 5.11 Å². The lowest BCUT2D eigenvalue weighted by molar-refractivity contribution is 0.348. The number of nitrogens with zero attached hydrogens (tertiary/aromatic N) is 2. The molecule has 0 fully saturated rings. The first-order valence-electron chi connectivity index (χ1n) is 6.40. The van der Waals surface area contributed by atoms with Gasteiger partial charge in [0.2, 0.25) is 5.89 Å². The monoisotopic (exact) mass is 261 g/mol. The van der Waals surface area contributed by atoms with Gasteiger partial charge in [-0.1, -0.05) is 31.1 Å². The molecule has 0 saturated heterocycles. The van der Waals surface area contributed by atoms with Crippen LogP contribution in [0.15, 0.2) is 28.8 Å². The zero-order valence-corrected chi connectivity index (χ0v) is 11.2. The average molecular weight is 261 g/mol. The van der Waals surface area contributed by atoms with Crippen molar-refractivity contribution >= 4 is 0 Å². The van der Waals surface area contributed by atoms with Gasteiger partial charge in [-0.05, 0) is 30.0 Å². The summed E-state index contributed by atoms with van der Waals surface area (Å²) in [5.41, 5.74) is 7.07. The van der Waals surface area contributed by atoms with Crippen molar-refractivity contribution in [3.05, 3.63) is 41.5 Å². The van der Waals surface area contributed by atoms with Crippen molar-refractivity contribution in [2.24, 2.45) is 11.7 Å². The van der Waals surface area contributed by atoms with E-state index in [1.165, 1.54) is 0 Å². The number of phenolic OH excluding ortho intramolecular Hbond substituents is 1. The fraction of sp³-hybridized carbons (Fsp3) is 0.429. The predicted molar refractivity (Wildman–Crippen MR) is 71.6 cm³/mol. The van der Waals surface area contributed by atoms with Crippen LogP contribution in [0.4, 0.5) is 0 Å². The number of hydrogen-bond donors (Lipinski definition) is 2. The van der Waals surface area contributed by atoms with Crippen molar-refractivity contribution in [2.45, 2.75) is 32.7 Å². The molecule has 0 radical (unpaired) electrons. The average Bonchev–Trinajstić information content (AvgIpc) is 2.80. The van der Waals surface area contributed by atoms with Crippen LogP contribution in [0, 0.1) is 5.92 Å². The number of benzene rings is 1. The molecule has 5 heteroatoms. The molecule has 1 unspecified atom stereocenters. The molecule has 0 bridgehead atoms. The van der Waals surface area contributed by atoms with Crippen LogP contribution in [0.3, 0.4) is 0 Å². The smallest absolute Gasteiger partial charge is 0.243 e. The first kappa shape index (κ1) is 13.5. The standard InChI is InChI=1S/C14H19N3O2/c1-9(2)7-13-16-14(19-17-13)12(15)8-10-3-5-11(18)6-4-10/h3-6,9,12,18H,7-8,15H2,1-2H3. The highest BCUT2D eigenvalue weighted by molar-refractivity contribution is 5.26. The highest BCUT2D eigenvalue weighted by Crippen LogP contribution is 2.17. The normalized spacial score (nSPS) is 12.8. The van der Waals surface area contributed by atoms with Crippen LogP contribution in [0.5, 0.6) is 5.75 Å². The molecule has 5 nitrogen and oxygen atoms in total. The van der Waals surface area contributed by atoms with E-state index < -0.39 is 0 Å². The van der Waals surface area contributed by atoms with Gasteiger partial charge in [0.05, 0.1) is 6.04 Å². The number of aromatic hydroxyl groups is 1. The van der Waals surface area contributed by atoms with Gasteiger partial charge in [0.25, 0.3) is 0 Å². The fourth-order valence-corrected chi connectivity index (χ4v) is 1.84. The van der Waals surface area contributed by atoms with Crippen LogP contribution < -0.4 is 5.73 Å². The lowest BCUT2D eigenvalue weighted by Crippen LogP contribution is -2.14. The second-order valence-electron chi connectivity index (χ2n) is 5.12. The minimum atomic E-state index is -0.321. The molecule has 0 saturated carbocycles. The SMILES string of the molecule is CC(C)Cc1noc(C(N)Cc2ccc(O)cc2)n1. The van der Waals surface area contributed by atoms with Crippen molar-refractivity contribution in [3.8, 4) is 5.75 Å². The molecule has 1 aromatic heterocycles. The summed E-state index contributed by atoms with van der Waals surface area (Å²) in [5, 5.41) is 13.1. The third-order valence-electron chi connectivity index (χ3n) is 2.78. The van der Waals surface area contributed by atoms with Crippen LogP contribution in [-0.2, 0) is 12.8 Å². The topological polar surface area (TPSA) is 85.2 Å². The van der Waals surface area contributed by atoms with Gasteiger partial charge in [-0.15, -0.1) is 0 Å². The minimum Gasteiger partial charge on any atom is -0.508 e. The molecule has 0 aliphatic heterocycles. The molecule has 2 rings (SSSR count). The molecular formula is C14H19N3O2. The largest absolute Gasteiger partial charge is 0.508 e. The van der Waals surface area contributed by atoms with Gasteiger partial charge in [-0.3, -0.25) is 0 Å². The van der Waals surface area contributed by atoms with Gasteiger partial charge in [0.15, 0.2) is 5.82 Å². The maximum atomic E-state index is 9.22. The molecular weight excluding hydrogens is 242 g/mol. The van der Waals surface area contributed by atoms with Crippen LogP contribution in [-0.4, -0.2) is 15.2 Å². The van der Waals surface area contributed by atoms with E-state index >= 15 is 0 Å². The summed E-state index contributed by atoms with van der Waals surface area (Å²) in [6, 6.07) is 6.62. The van der Waals surface area contributed by atoms with Gasteiger partial charge in [0.1, 0.15) is 5.75 Å². The number of aromatic nitrogens is 2. The van der Waals surface area contributed by atoms with E-state index in [0.29, 0.717) is 24.1 Å². The van der Waals surface area contributed by atoms with E-state index in [-0.39, 0.29) is 11.8 Å². The Bertz CT molecular complexity index is 520. The Kier molecular flexibility index (Phi) is 4.16. The second kappa shape index (κ2) is 5.84. The Balaban J connectivity index is 2.01. The molecule has 3 N–H and O–H groups in total. The highest BCUT2D eigenvalue weighted by atomic mass is 16.5. The van der Waals surface area contributed by atoms with Crippen LogP contribution in [0.25, 0.3) is 0 Å². The highest BCUT2D eigenvalue weighted by Gasteiger charge is 2.15. The van der Waals surface area contributed by atoms with Gasteiger partial charge < -0.3 is 15.4 Å². The van der Waals surface area contributed by atoms with Crippen molar-refractivity contribution < 1.29 is 9.63 Å². The van der Waals surface area contributed by atoms with Gasteiger partial charge >= 0.3 is 0 Å². The Labute approximate surface area is 112 Å². The molecule has 1 heterocycles. The van der Waals surface area contributed by atoms with E-state index in [1.54, 1.807) is 12.1 Å². The van der Waals surface area contributed by atoms with E-state index in [1.807, 2.05) is 12.1 Å². The summed E-state index contributed by atoms with van der Waals surface area (Å²) in [4.78, 5) is 4.31. The molecule has 19 heavy (non-hydrogen) atoms. The first-order chi connectivity index (χ1) is 9.04. The fourth-order valence-electron chi connectivity index (χ4n) is 1.84. The van der Waals surface area contributed by atoms with Gasteiger partial charge in [-0.25, -0.2) is 0 Å². The van der Waals surface area contributed by atoms with Crippen molar-refractivity contribution in [3.63, 3.8) is 0 Å². The van der Waals surface area contributed by atoms with Crippen molar-refractivity contribution in [1.82, 2.24) is 10.1 Å². The molecule has 2 aromatic rings. The summed E-state index contributed by atoms with van der Waals surface area (Å²) >= 11 is 0. The Morgan fingerprint density at radius 1 is 1.21 bits per heavy atom. The molecule has 0 spiro atoms. The second-order valence-corrected chi connectivity index (χ2v) is 5.12. The summed E-state index contributed by atoms with van der Waals surface area (Å²) in [6.07, 6.45) is 1.39. The molecule has 0 aliphatic carbocycles. The van der Waals surface area contributed by atoms with E-state index in [2.05, 4.69) is 24.0 Å². The number of hydrogen-bond acceptors (Lipinski definition) is 5. The maximum absolute atomic E-state index is 9.22. The number of rotatable bonds is 5. The third kappa shape index (κ3) is 3.79. The zero-order chi connectivity index (χ0) is 13.8. The first-order valence-corrected chi connectivity index (χ1v) is 6.40. The number of phenols is 1. The van der Waals surface area contributed by atoms with E-state index in [0.717, 1.165) is 12.0 Å². The Morgan fingerprint density at radius 3 is 2.53 bits per heavy atom. The maximum Gasteiger partial charge on any atom is 0.243 e. The molecule has 102 valence electrons. The molecule has 1 aromatic carbocycles. The quantitative estimate of drug-likeness (QED) is 0.862. The lowest BCUT2D eigenvalue weighted by Gasteiger charge is -2.06. The zero-order valence-electron chi connectivity index (χ0n) is 11.2. The molecule has 0 aliphatic rings. The molecule has 1 atom stereocenters. The summed E-state index contributed by atoms with van der Waals surface area (Å²) in [5.74, 6) is 1.89. The van der Waals surface area contributed by atoms with Crippen molar-refractivity contribution in [1.29, 1.82) is 0 Å². The minimum absolute atomic E-state index is 0.245. The van der Waals surface area contributed by atoms with Crippen LogP contribution >= 0.6 is 0 Å². The third-order valence-corrected chi connectivity index (χ3v) is 2.78. The van der Waals surface area contributed by atoms with Crippen LogP contribution in [0.2, 0.25) is 0 Å². The van der Waals surface area contributed by atoms with Crippen LogP contribution in [0.1, 0.15) is 37.2 Å². The van der Waals surface area contributed by atoms with Crippen molar-refractivity contribution in [2.75, 3.05) is 0 Å². The van der Waals surface area contributed by atoms with E-state index in [4.69, 9.17) is 10.3 Å². The Morgan fingerprint density at radius 2 is 1.89 bits per heavy atom. The summed E-state index contributed by atoms with van der Waals surface area (Å²) in [6.45, 7) is 4.21. The Hall–Kier alpha value is -1.88. The lowest BCUT2D eigenvalue weighted by atomic mass is 10.1. The predicted octanol–water partition coefficient (Wildman–Crippen LogP) is 2.22. The van der Waals surface area contributed by atoms with Gasteiger partial charge in [0, 0.05) is 6.42 Å².